The summed E-state index contributed by atoms with van der Waals surface area (Å²) in [5.74, 6) is 0.930. The van der Waals surface area contributed by atoms with Crippen molar-refractivity contribution in [3.63, 3.8) is 0 Å². The number of aromatic nitrogens is 2. The first-order chi connectivity index (χ1) is 7.86. The van der Waals surface area contributed by atoms with Crippen LogP contribution in [0.25, 0.3) is 0 Å². The van der Waals surface area contributed by atoms with Gasteiger partial charge in [0.2, 0.25) is 0 Å². The Morgan fingerprint density at radius 3 is 2.69 bits per heavy atom. The molecule has 0 aliphatic carbocycles. The number of hydrogen-bond donors (Lipinski definition) is 0. The van der Waals surface area contributed by atoms with Crippen LogP contribution in [0.5, 0.6) is 5.75 Å². The number of aryl methyl sites for hydroxylation is 2. The van der Waals surface area contributed by atoms with Crippen LogP contribution in [0.1, 0.15) is 12.1 Å². The zero-order valence-electron chi connectivity index (χ0n) is 9.47. The third-order valence-corrected chi connectivity index (χ3v) is 2.46. The van der Waals surface area contributed by atoms with Crippen LogP contribution in [0.15, 0.2) is 42.6 Å². The molecule has 0 radical (unpaired) electrons. The van der Waals surface area contributed by atoms with Gasteiger partial charge in [-0.1, -0.05) is 18.2 Å². The van der Waals surface area contributed by atoms with Crippen molar-refractivity contribution in [2.24, 2.45) is 0 Å². The molecule has 0 N–H and O–H groups in total. The van der Waals surface area contributed by atoms with E-state index in [1.165, 1.54) is 5.69 Å². The Balaban J connectivity index is 1.72. The standard InChI is InChI=1S/C13H16N2O/c1-12-8-9-14-15(12)10-5-11-16-13-6-3-2-4-7-13/h2-4,6-9H,5,10-11H2,1H3. The first kappa shape index (κ1) is 10.7. The molecule has 0 bridgehead atoms. The highest BCUT2D eigenvalue weighted by Crippen LogP contribution is 2.08. The van der Waals surface area contributed by atoms with E-state index in [9.17, 15) is 0 Å². The van der Waals surface area contributed by atoms with Crippen LogP contribution < -0.4 is 4.74 Å². The third-order valence-electron chi connectivity index (χ3n) is 2.46. The van der Waals surface area contributed by atoms with E-state index in [4.69, 9.17) is 4.74 Å². The van der Waals surface area contributed by atoms with Crippen molar-refractivity contribution >= 4 is 0 Å². The van der Waals surface area contributed by atoms with Crippen molar-refractivity contribution in [1.29, 1.82) is 0 Å². The highest BCUT2D eigenvalue weighted by atomic mass is 16.5. The topological polar surface area (TPSA) is 27.1 Å². The van der Waals surface area contributed by atoms with E-state index in [-0.39, 0.29) is 0 Å². The summed E-state index contributed by atoms with van der Waals surface area (Å²) in [7, 11) is 0. The van der Waals surface area contributed by atoms with Gasteiger partial charge < -0.3 is 4.74 Å². The summed E-state index contributed by atoms with van der Waals surface area (Å²) in [5.41, 5.74) is 1.19. The highest BCUT2D eigenvalue weighted by molar-refractivity contribution is 5.20. The molecule has 3 nitrogen and oxygen atoms in total. The Kier molecular flexibility index (Phi) is 3.59. The van der Waals surface area contributed by atoms with E-state index in [0.717, 1.165) is 25.3 Å². The Labute approximate surface area is 95.7 Å². The molecular weight excluding hydrogens is 200 g/mol. The Bertz CT molecular complexity index is 423. The Hall–Kier alpha value is -1.77. The summed E-state index contributed by atoms with van der Waals surface area (Å²) >= 11 is 0. The van der Waals surface area contributed by atoms with Crippen LogP contribution >= 0.6 is 0 Å². The molecule has 0 atom stereocenters. The molecule has 1 aromatic heterocycles. The molecule has 2 rings (SSSR count). The molecule has 0 fully saturated rings. The van der Waals surface area contributed by atoms with Gasteiger partial charge in [-0.2, -0.15) is 5.10 Å². The molecule has 3 heteroatoms. The minimum Gasteiger partial charge on any atom is -0.494 e. The fourth-order valence-electron chi connectivity index (χ4n) is 1.55. The number of hydrogen-bond acceptors (Lipinski definition) is 2. The van der Waals surface area contributed by atoms with Gasteiger partial charge >= 0.3 is 0 Å². The van der Waals surface area contributed by atoms with Crippen LogP contribution in [0.4, 0.5) is 0 Å². The van der Waals surface area contributed by atoms with E-state index in [1.54, 1.807) is 0 Å². The van der Waals surface area contributed by atoms with Gasteiger partial charge in [0.1, 0.15) is 5.75 Å². The normalized spacial score (nSPS) is 10.3. The minimum atomic E-state index is 0.726. The molecule has 0 unspecified atom stereocenters. The largest absolute Gasteiger partial charge is 0.494 e. The van der Waals surface area contributed by atoms with Crippen LogP contribution in [-0.4, -0.2) is 16.4 Å². The summed E-state index contributed by atoms with van der Waals surface area (Å²) in [6.07, 6.45) is 2.80. The van der Waals surface area contributed by atoms with E-state index in [2.05, 4.69) is 12.0 Å². The van der Waals surface area contributed by atoms with Crippen LogP contribution in [0.3, 0.4) is 0 Å². The second-order valence-corrected chi connectivity index (χ2v) is 3.71. The molecule has 0 saturated carbocycles. The summed E-state index contributed by atoms with van der Waals surface area (Å²) in [6.45, 7) is 3.69. The molecule has 0 aliphatic heterocycles. The zero-order valence-corrected chi connectivity index (χ0v) is 9.47. The predicted molar refractivity (Wildman–Crippen MR) is 63.5 cm³/mol. The summed E-state index contributed by atoms with van der Waals surface area (Å²) < 4.78 is 7.60. The van der Waals surface area contributed by atoms with Crippen LogP contribution in [0.2, 0.25) is 0 Å². The lowest BCUT2D eigenvalue weighted by atomic mass is 10.3. The number of nitrogens with zero attached hydrogens (tertiary/aromatic N) is 2. The molecule has 0 amide bonds. The van der Waals surface area contributed by atoms with Crippen molar-refractivity contribution < 1.29 is 4.74 Å². The molecule has 84 valence electrons. The fraction of sp³-hybridized carbons (Fsp3) is 0.308. The van der Waals surface area contributed by atoms with Crippen molar-refractivity contribution in [3.05, 3.63) is 48.3 Å². The molecule has 0 saturated heterocycles. The number of ether oxygens (including phenoxy) is 1. The van der Waals surface area contributed by atoms with E-state index < -0.39 is 0 Å². The van der Waals surface area contributed by atoms with Gasteiger partial charge in [-0.15, -0.1) is 0 Å². The quantitative estimate of drug-likeness (QED) is 0.718. The first-order valence-corrected chi connectivity index (χ1v) is 5.52. The molecular formula is C13H16N2O. The fourth-order valence-corrected chi connectivity index (χ4v) is 1.55. The lowest BCUT2D eigenvalue weighted by Gasteiger charge is -2.06. The lowest BCUT2D eigenvalue weighted by Crippen LogP contribution is -2.06. The van der Waals surface area contributed by atoms with Crippen molar-refractivity contribution in [1.82, 2.24) is 9.78 Å². The molecule has 2 aromatic rings. The third kappa shape index (κ3) is 2.86. The van der Waals surface area contributed by atoms with Gasteiger partial charge in [-0.3, -0.25) is 4.68 Å². The van der Waals surface area contributed by atoms with E-state index in [1.807, 2.05) is 47.3 Å². The van der Waals surface area contributed by atoms with Gasteiger partial charge in [-0.25, -0.2) is 0 Å². The monoisotopic (exact) mass is 216 g/mol. The molecule has 1 aromatic carbocycles. The SMILES string of the molecule is Cc1ccnn1CCCOc1ccccc1. The Morgan fingerprint density at radius 1 is 1.19 bits per heavy atom. The first-order valence-electron chi connectivity index (χ1n) is 5.52. The maximum Gasteiger partial charge on any atom is 0.119 e. The minimum absolute atomic E-state index is 0.726. The van der Waals surface area contributed by atoms with Gasteiger partial charge in [-0.05, 0) is 25.1 Å². The van der Waals surface area contributed by atoms with Crippen molar-refractivity contribution in [3.8, 4) is 5.75 Å². The van der Waals surface area contributed by atoms with Crippen molar-refractivity contribution in [2.45, 2.75) is 19.9 Å². The maximum absolute atomic E-state index is 5.60. The summed E-state index contributed by atoms with van der Waals surface area (Å²) in [5, 5.41) is 4.22. The molecule has 1 heterocycles. The smallest absolute Gasteiger partial charge is 0.119 e. The van der Waals surface area contributed by atoms with Gasteiger partial charge in [0.15, 0.2) is 0 Å². The highest BCUT2D eigenvalue weighted by Gasteiger charge is 1.97. The van der Waals surface area contributed by atoms with Crippen LogP contribution in [0, 0.1) is 6.92 Å². The number of rotatable bonds is 5. The zero-order chi connectivity index (χ0) is 11.2. The summed E-state index contributed by atoms with van der Waals surface area (Å²) in [6, 6.07) is 11.9. The van der Waals surface area contributed by atoms with Gasteiger partial charge in [0, 0.05) is 24.9 Å². The number of para-hydroxylation sites is 1. The molecule has 0 spiro atoms. The van der Waals surface area contributed by atoms with Crippen molar-refractivity contribution in [2.75, 3.05) is 6.61 Å². The summed E-state index contributed by atoms with van der Waals surface area (Å²) in [4.78, 5) is 0. The van der Waals surface area contributed by atoms with Gasteiger partial charge in [0.05, 0.1) is 6.61 Å². The average Bonchev–Trinajstić information content (AvgIpc) is 2.72. The Morgan fingerprint density at radius 2 is 2.00 bits per heavy atom. The van der Waals surface area contributed by atoms with Gasteiger partial charge in [0.25, 0.3) is 0 Å². The lowest BCUT2D eigenvalue weighted by molar-refractivity contribution is 0.298. The second kappa shape index (κ2) is 5.35. The average molecular weight is 216 g/mol. The predicted octanol–water partition coefficient (Wildman–Crippen LogP) is 2.66. The molecule has 16 heavy (non-hydrogen) atoms. The maximum atomic E-state index is 5.60. The second-order valence-electron chi connectivity index (χ2n) is 3.71. The molecule has 0 aliphatic rings. The van der Waals surface area contributed by atoms with E-state index in [0.29, 0.717) is 0 Å². The number of benzene rings is 1. The van der Waals surface area contributed by atoms with Crippen LogP contribution in [-0.2, 0) is 6.54 Å². The van der Waals surface area contributed by atoms with E-state index >= 15 is 0 Å².